The van der Waals surface area contributed by atoms with Gasteiger partial charge in [-0.05, 0) is 13.2 Å². The Hall–Kier alpha value is -1.30. The number of aromatic nitrogens is 2. The first-order valence-electron chi connectivity index (χ1n) is 4.03. The van der Waals surface area contributed by atoms with Crippen molar-refractivity contribution < 1.29 is 4.79 Å². The molecule has 0 spiro atoms. The van der Waals surface area contributed by atoms with Crippen molar-refractivity contribution in [3.8, 4) is 0 Å². The third-order valence-corrected chi connectivity index (χ3v) is 2.30. The lowest BCUT2D eigenvalue weighted by Gasteiger charge is -2.10. The molecule has 0 aromatic carbocycles. The number of anilines is 2. The van der Waals surface area contributed by atoms with Crippen LogP contribution in [0.4, 0.5) is 11.5 Å². The first-order chi connectivity index (χ1) is 6.72. The van der Waals surface area contributed by atoms with Crippen molar-refractivity contribution in [2.45, 2.75) is 11.9 Å². The number of thioether (sulfide) groups is 1. The van der Waals surface area contributed by atoms with Crippen LogP contribution in [-0.4, -0.2) is 29.7 Å². The number of carbonyl (C=O) groups excluding carboxylic acids is 1. The number of hydrogen-bond donors (Lipinski definition) is 2. The summed E-state index contributed by atoms with van der Waals surface area (Å²) in [6.07, 6.45) is 2.52. The Bertz CT molecular complexity index is 317. The molecule has 0 aliphatic carbocycles. The van der Waals surface area contributed by atoms with E-state index in [0.717, 1.165) is 5.03 Å². The fourth-order valence-electron chi connectivity index (χ4n) is 1.06. The highest BCUT2D eigenvalue weighted by Crippen LogP contribution is 2.28. The normalized spacial score (nSPS) is 9.64. The molecule has 0 aliphatic rings. The van der Waals surface area contributed by atoms with Gasteiger partial charge in [-0.1, -0.05) is 0 Å². The molecule has 76 valence electrons. The van der Waals surface area contributed by atoms with Gasteiger partial charge in [-0.15, -0.1) is 11.8 Å². The highest BCUT2D eigenvalue weighted by Gasteiger charge is 2.10. The summed E-state index contributed by atoms with van der Waals surface area (Å²) in [5.41, 5.74) is 0.626. The lowest BCUT2D eigenvalue weighted by molar-refractivity contribution is -0.105. The first kappa shape index (κ1) is 10.8. The lowest BCUT2D eigenvalue weighted by Crippen LogP contribution is -2.06. The summed E-state index contributed by atoms with van der Waals surface area (Å²) < 4.78 is 0. The van der Waals surface area contributed by atoms with E-state index in [4.69, 9.17) is 0 Å². The molecular weight excluding hydrogens is 200 g/mol. The molecule has 0 saturated carbocycles. The third kappa shape index (κ3) is 2.14. The van der Waals surface area contributed by atoms with Gasteiger partial charge in [-0.3, -0.25) is 4.79 Å². The molecule has 0 bridgehead atoms. The highest BCUT2D eigenvalue weighted by molar-refractivity contribution is 7.98. The summed E-state index contributed by atoms with van der Waals surface area (Å²) >= 11 is 1.47. The van der Waals surface area contributed by atoms with Crippen molar-refractivity contribution in [3.63, 3.8) is 0 Å². The maximum atomic E-state index is 10.4. The predicted octanol–water partition coefficient (Wildman–Crippen LogP) is 1.12. The van der Waals surface area contributed by atoms with E-state index in [1.165, 1.54) is 11.8 Å². The second-order valence-electron chi connectivity index (χ2n) is 2.52. The van der Waals surface area contributed by atoms with Crippen molar-refractivity contribution in [2.75, 3.05) is 23.9 Å². The smallest absolute Gasteiger partial charge is 0.211 e. The Kier molecular flexibility index (Phi) is 3.70. The van der Waals surface area contributed by atoms with Crippen LogP contribution in [0.3, 0.4) is 0 Å². The van der Waals surface area contributed by atoms with Gasteiger partial charge < -0.3 is 10.6 Å². The molecule has 6 heteroatoms. The predicted molar refractivity (Wildman–Crippen MR) is 57.8 cm³/mol. The Morgan fingerprint density at radius 3 is 2.64 bits per heavy atom. The van der Waals surface area contributed by atoms with Crippen LogP contribution in [0, 0.1) is 6.92 Å². The van der Waals surface area contributed by atoms with Crippen molar-refractivity contribution in [2.24, 2.45) is 0 Å². The van der Waals surface area contributed by atoms with Crippen molar-refractivity contribution in [1.82, 2.24) is 9.97 Å². The maximum Gasteiger partial charge on any atom is 0.211 e. The van der Waals surface area contributed by atoms with E-state index in [9.17, 15) is 4.79 Å². The zero-order valence-electron chi connectivity index (χ0n) is 8.29. The van der Waals surface area contributed by atoms with Gasteiger partial charge in [-0.2, -0.15) is 0 Å². The molecule has 5 nitrogen and oxygen atoms in total. The van der Waals surface area contributed by atoms with Crippen LogP contribution >= 0.6 is 11.8 Å². The molecule has 1 heterocycles. The number of amides is 1. The summed E-state index contributed by atoms with van der Waals surface area (Å²) in [6.45, 7) is 1.81. The van der Waals surface area contributed by atoms with Crippen LogP contribution in [0.1, 0.15) is 5.82 Å². The van der Waals surface area contributed by atoms with E-state index in [1.807, 2.05) is 13.2 Å². The van der Waals surface area contributed by atoms with Crippen LogP contribution in [0.15, 0.2) is 5.03 Å². The zero-order chi connectivity index (χ0) is 10.6. The summed E-state index contributed by atoms with van der Waals surface area (Å²) in [6, 6.07) is 0. The van der Waals surface area contributed by atoms with Gasteiger partial charge in [0.05, 0.1) is 0 Å². The minimum Gasteiger partial charge on any atom is -0.371 e. The fraction of sp³-hybridized carbons (Fsp3) is 0.375. The van der Waals surface area contributed by atoms with Crippen molar-refractivity contribution in [3.05, 3.63) is 5.82 Å². The Morgan fingerprint density at radius 1 is 1.43 bits per heavy atom. The quantitative estimate of drug-likeness (QED) is 0.444. The van der Waals surface area contributed by atoms with E-state index < -0.39 is 0 Å². The van der Waals surface area contributed by atoms with E-state index in [-0.39, 0.29) is 0 Å². The van der Waals surface area contributed by atoms with E-state index in [1.54, 1.807) is 7.05 Å². The first-order valence-corrected chi connectivity index (χ1v) is 5.26. The SMILES string of the molecule is CNc1nc(C)nc(SC)c1NC=O. The lowest BCUT2D eigenvalue weighted by atomic mass is 10.4. The van der Waals surface area contributed by atoms with Crippen LogP contribution in [-0.2, 0) is 4.79 Å². The summed E-state index contributed by atoms with van der Waals surface area (Å²) in [5, 5.41) is 6.25. The highest BCUT2D eigenvalue weighted by atomic mass is 32.2. The molecule has 0 atom stereocenters. The van der Waals surface area contributed by atoms with Gasteiger partial charge in [-0.25, -0.2) is 9.97 Å². The molecule has 0 radical (unpaired) electrons. The van der Waals surface area contributed by atoms with E-state index in [2.05, 4.69) is 20.6 Å². The largest absolute Gasteiger partial charge is 0.371 e. The van der Waals surface area contributed by atoms with Crippen molar-refractivity contribution in [1.29, 1.82) is 0 Å². The maximum absolute atomic E-state index is 10.4. The third-order valence-electron chi connectivity index (χ3n) is 1.62. The van der Waals surface area contributed by atoms with Gasteiger partial charge in [0.25, 0.3) is 0 Å². The minimum absolute atomic E-state index is 0.620. The van der Waals surface area contributed by atoms with Gasteiger partial charge in [0.2, 0.25) is 6.41 Å². The van der Waals surface area contributed by atoms with Crippen LogP contribution in [0.25, 0.3) is 0 Å². The fourth-order valence-corrected chi connectivity index (χ4v) is 1.65. The van der Waals surface area contributed by atoms with Crippen LogP contribution < -0.4 is 10.6 Å². The van der Waals surface area contributed by atoms with E-state index in [0.29, 0.717) is 23.7 Å². The standard InChI is InChI=1S/C8H12N4OS/c1-5-11-7(9-2)6(10-4-13)8(12-5)14-3/h4H,1-3H3,(H,10,13)(H,9,11,12). The molecular formula is C8H12N4OS. The average Bonchev–Trinajstić information content (AvgIpc) is 2.20. The molecule has 0 aliphatic heterocycles. The molecule has 1 amide bonds. The molecule has 0 unspecified atom stereocenters. The number of nitrogens with one attached hydrogen (secondary N) is 2. The number of carbonyl (C=O) groups is 1. The van der Waals surface area contributed by atoms with E-state index >= 15 is 0 Å². The number of hydrogen-bond acceptors (Lipinski definition) is 5. The van der Waals surface area contributed by atoms with Gasteiger partial charge >= 0.3 is 0 Å². The number of nitrogens with zero attached hydrogens (tertiary/aromatic N) is 2. The van der Waals surface area contributed by atoms with Crippen molar-refractivity contribution >= 4 is 29.7 Å². The van der Waals surface area contributed by atoms with Gasteiger partial charge in [0.15, 0.2) is 5.82 Å². The number of rotatable bonds is 4. The molecule has 0 saturated heterocycles. The molecule has 1 aromatic heterocycles. The van der Waals surface area contributed by atoms with Gasteiger partial charge in [0, 0.05) is 7.05 Å². The van der Waals surface area contributed by atoms with Gasteiger partial charge in [0.1, 0.15) is 16.5 Å². The minimum atomic E-state index is 0.620. The second-order valence-corrected chi connectivity index (χ2v) is 3.31. The molecule has 2 N–H and O–H groups in total. The summed E-state index contributed by atoms with van der Waals surface area (Å²) in [4.78, 5) is 18.8. The molecule has 1 rings (SSSR count). The molecule has 14 heavy (non-hydrogen) atoms. The van der Waals surface area contributed by atoms with Crippen LogP contribution in [0.2, 0.25) is 0 Å². The van der Waals surface area contributed by atoms with Crippen LogP contribution in [0.5, 0.6) is 0 Å². The molecule has 1 aromatic rings. The Balaban J connectivity index is 3.24. The summed E-state index contributed by atoms with van der Waals surface area (Å²) in [5.74, 6) is 1.31. The Labute approximate surface area is 86.7 Å². The molecule has 0 fully saturated rings. The Morgan fingerprint density at radius 2 is 2.14 bits per heavy atom. The zero-order valence-corrected chi connectivity index (χ0v) is 9.10. The average molecular weight is 212 g/mol. The topological polar surface area (TPSA) is 66.9 Å². The monoisotopic (exact) mass is 212 g/mol. The summed E-state index contributed by atoms with van der Waals surface area (Å²) in [7, 11) is 1.75. The number of aryl methyl sites for hydroxylation is 1. The second kappa shape index (κ2) is 4.80.